The van der Waals surface area contributed by atoms with E-state index in [1.54, 1.807) is 49.3 Å². The van der Waals surface area contributed by atoms with E-state index in [-0.39, 0.29) is 7.92 Å². The maximum atomic E-state index is 2.46. The molecular weight excluding hydrogens is 319 g/mol. The summed E-state index contributed by atoms with van der Waals surface area (Å²) < 4.78 is 0. The maximum absolute atomic E-state index is 2.46. The summed E-state index contributed by atoms with van der Waals surface area (Å²) in [6.07, 6.45) is 3.39. The molecule has 3 aliphatic rings. The van der Waals surface area contributed by atoms with Crippen LogP contribution < -0.4 is 15.9 Å². The molecular formula is C24H21P. The zero-order valence-electron chi connectivity index (χ0n) is 15.0. The highest BCUT2D eigenvalue weighted by molar-refractivity contribution is 7.80. The molecule has 0 saturated heterocycles. The van der Waals surface area contributed by atoms with Crippen LogP contribution in [0.3, 0.4) is 0 Å². The van der Waals surface area contributed by atoms with Gasteiger partial charge in [0.2, 0.25) is 0 Å². The molecule has 3 aromatic carbocycles. The highest BCUT2D eigenvalue weighted by Crippen LogP contribution is 2.49. The monoisotopic (exact) mass is 340 g/mol. The Morgan fingerprint density at radius 2 is 0.720 bits per heavy atom. The molecule has 0 aromatic heterocycles. The Morgan fingerprint density at radius 3 is 0.960 bits per heavy atom. The van der Waals surface area contributed by atoms with Gasteiger partial charge in [0.25, 0.3) is 0 Å². The van der Waals surface area contributed by atoms with Crippen LogP contribution in [0.25, 0.3) is 0 Å². The van der Waals surface area contributed by atoms with Crippen molar-refractivity contribution in [1.29, 1.82) is 0 Å². The quantitative estimate of drug-likeness (QED) is 0.366. The Kier molecular flexibility index (Phi) is 2.64. The van der Waals surface area contributed by atoms with Gasteiger partial charge in [0.05, 0.1) is 0 Å². The zero-order chi connectivity index (χ0) is 16.9. The van der Waals surface area contributed by atoms with E-state index in [4.69, 9.17) is 0 Å². The fraction of sp³-hybridized carbons (Fsp3) is 0.250. The van der Waals surface area contributed by atoms with Crippen molar-refractivity contribution in [3.63, 3.8) is 0 Å². The van der Waals surface area contributed by atoms with Crippen LogP contribution in [0.15, 0.2) is 36.4 Å². The van der Waals surface area contributed by atoms with E-state index in [0.717, 1.165) is 19.3 Å². The van der Waals surface area contributed by atoms with Gasteiger partial charge in [-0.2, -0.15) is 0 Å². The van der Waals surface area contributed by atoms with Crippen LogP contribution in [0.5, 0.6) is 0 Å². The Hall–Kier alpha value is -1.91. The van der Waals surface area contributed by atoms with Crippen molar-refractivity contribution in [3.8, 4) is 0 Å². The number of hydrogen-bond acceptors (Lipinski definition) is 0. The predicted octanol–water partition coefficient (Wildman–Crippen LogP) is 4.08. The first-order chi connectivity index (χ1) is 12.1. The van der Waals surface area contributed by atoms with Crippen molar-refractivity contribution in [2.45, 2.75) is 40.0 Å². The van der Waals surface area contributed by atoms with Crippen molar-refractivity contribution in [2.24, 2.45) is 0 Å². The number of aryl methyl sites for hydroxylation is 3. The molecule has 0 nitrogen and oxygen atoms in total. The van der Waals surface area contributed by atoms with Gasteiger partial charge in [-0.15, -0.1) is 0 Å². The SMILES string of the molecule is Cc1cc2c3c(c1)Cc1cc(C)cc4c1P3c1c(cc(C)cc1C4)C2. The third kappa shape index (κ3) is 1.81. The van der Waals surface area contributed by atoms with E-state index in [1.165, 1.54) is 16.7 Å². The van der Waals surface area contributed by atoms with E-state index in [2.05, 4.69) is 57.2 Å². The van der Waals surface area contributed by atoms with E-state index in [0.29, 0.717) is 0 Å². The molecule has 1 heteroatoms. The molecule has 0 saturated carbocycles. The van der Waals surface area contributed by atoms with Crippen LogP contribution >= 0.6 is 7.92 Å². The fourth-order valence-corrected chi connectivity index (χ4v) is 8.68. The second-order valence-corrected chi connectivity index (χ2v) is 10.2. The molecule has 3 heterocycles. The van der Waals surface area contributed by atoms with Gasteiger partial charge in [-0.3, -0.25) is 0 Å². The smallest absolute Gasteiger partial charge is 0.00122 e. The molecule has 0 spiro atoms. The minimum Gasteiger partial charge on any atom is -0.0551 e. The lowest BCUT2D eigenvalue weighted by atomic mass is 9.89. The molecule has 3 aromatic rings. The molecule has 122 valence electrons. The van der Waals surface area contributed by atoms with Crippen LogP contribution in [0.2, 0.25) is 0 Å². The van der Waals surface area contributed by atoms with Gasteiger partial charge in [-0.1, -0.05) is 53.1 Å². The van der Waals surface area contributed by atoms with Crippen molar-refractivity contribution in [3.05, 3.63) is 86.5 Å². The highest BCUT2D eigenvalue weighted by Gasteiger charge is 2.39. The molecule has 25 heavy (non-hydrogen) atoms. The minimum atomic E-state index is -0.341. The van der Waals surface area contributed by atoms with Crippen LogP contribution in [0, 0.1) is 20.8 Å². The van der Waals surface area contributed by atoms with Crippen LogP contribution in [-0.4, -0.2) is 0 Å². The minimum absolute atomic E-state index is 0.341. The normalized spacial score (nSPS) is 16.0. The Bertz CT molecular complexity index is 893. The number of rotatable bonds is 0. The standard InChI is InChI=1S/C24H21P/c1-13-4-16-10-18-6-14(2)8-20-12-21-9-15(3)7-19-11-17(5-13)22(16)25(23(18)20)24(19)21/h4-9H,10-12H2,1-3H3. The summed E-state index contributed by atoms with van der Waals surface area (Å²) in [6, 6.07) is 14.7. The van der Waals surface area contributed by atoms with Crippen LogP contribution in [0.4, 0.5) is 0 Å². The van der Waals surface area contributed by atoms with Crippen molar-refractivity contribution in [2.75, 3.05) is 0 Å². The van der Waals surface area contributed by atoms with Crippen LogP contribution in [0.1, 0.15) is 50.1 Å². The number of benzene rings is 3. The molecule has 0 amide bonds. The Labute approximate surface area is 150 Å². The highest BCUT2D eigenvalue weighted by atomic mass is 31.1. The van der Waals surface area contributed by atoms with Crippen LogP contribution in [-0.2, 0) is 19.3 Å². The molecule has 0 aliphatic carbocycles. The summed E-state index contributed by atoms with van der Waals surface area (Å²) in [5.74, 6) is 0. The summed E-state index contributed by atoms with van der Waals surface area (Å²) in [6.45, 7) is 6.79. The Morgan fingerprint density at radius 1 is 0.480 bits per heavy atom. The summed E-state index contributed by atoms with van der Waals surface area (Å²) >= 11 is 0. The molecule has 0 unspecified atom stereocenters. The molecule has 0 fully saturated rings. The fourth-order valence-electron chi connectivity index (χ4n) is 5.42. The van der Waals surface area contributed by atoms with Crippen molar-refractivity contribution < 1.29 is 0 Å². The topological polar surface area (TPSA) is 0 Å². The first-order valence-corrected chi connectivity index (χ1v) is 10.6. The van der Waals surface area contributed by atoms with E-state index < -0.39 is 0 Å². The largest absolute Gasteiger partial charge is 0.0551 e. The second kappa shape index (κ2) is 4.63. The average Bonchev–Trinajstić information content (AvgIpc) is 2.52. The van der Waals surface area contributed by atoms with Crippen molar-refractivity contribution >= 4 is 23.8 Å². The lowest BCUT2D eigenvalue weighted by Crippen LogP contribution is -2.42. The summed E-state index contributed by atoms with van der Waals surface area (Å²) in [5.41, 5.74) is 13.9. The lowest BCUT2D eigenvalue weighted by Gasteiger charge is -2.41. The average molecular weight is 340 g/mol. The molecule has 0 bridgehead atoms. The summed E-state index contributed by atoms with van der Waals surface area (Å²) in [4.78, 5) is 0. The third-order valence-electron chi connectivity index (χ3n) is 6.05. The second-order valence-electron chi connectivity index (χ2n) is 8.16. The van der Waals surface area contributed by atoms with Gasteiger partial charge in [-0.25, -0.2) is 0 Å². The maximum Gasteiger partial charge on any atom is -0.00122 e. The van der Waals surface area contributed by atoms with E-state index in [9.17, 15) is 0 Å². The molecule has 0 atom stereocenters. The molecule has 0 radical (unpaired) electrons. The Balaban J connectivity index is 1.78. The van der Waals surface area contributed by atoms with E-state index >= 15 is 0 Å². The van der Waals surface area contributed by atoms with Gasteiger partial charge < -0.3 is 0 Å². The van der Waals surface area contributed by atoms with Gasteiger partial charge >= 0.3 is 0 Å². The summed E-state index contributed by atoms with van der Waals surface area (Å²) in [5, 5.41) is 5.11. The first-order valence-electron chi connectivity index (χ1n) is 9.26. The predicted molar refractivity (Wildman–Crippen MR) is 108 cm³/mol. The lowest BCUT2D eigenvalue weighted by molar-refractivity contribution is 1.09. The van der Waals surface area contributed by atoms with E-state index in [1.807, 2.05) is 0 Å². The molecule has 0 N–H and O–H groups in total. The molecule has 3 aliphatic heterocycles. The van der Waals surface area contributed by atoms with Gasteiger partial charge in [0.15, 0.2) is 0 Å². The van der Waals surface area contributed by atoms with Gasteiger partial charge in [0, 0.05) is 0 Å². The van der Waals surface area contributed by atoms with Gasteiger partial charge in [-0.05, 0) is 97.2 Å². The zero-order valence-corrected chi connectivity index (χ0v) is 15.9. The first kappa shape index (κ1) is 14.3. The van der Waals surface area contributed by atoms with Gasteiger partial charge in [0.1, 0.15) is 0 Å². The summed E-state index contributed by atoms with van der Waals surface area (Å²) in [7, 11) is -0.341. The van der Waals surface area contributed by atoms with Crippen molar-refractivity contribution in [1.82, 2.24) is 0 Å². The number of hydrogen-bond donors (Lipinski definition) is 0. The molecule has 6 rings (SSSR count). The third-order valence-corrected chi connectivity index (χ3v) is 9.11.